The van der Waals surface area contributed by atoms with Crippen molar-refractivity contribution in [3.63, 3.8) is 0 Å². The Morgan fingerprint density at radius 3 is 2.74 bits per heavy atom. The van der Waals surface area contributed by atoms with E-state index in [1.54, 1.807) is 0 Å². The summed E-state index contributed by atoms with van der Waals surface area (Å²) in [5.41, 5.74) is 0.835. The van der Waals surface area contributed by atoms with E-state index in [0.29, 0.717) is 17.6 Å². The lowest BCUT2D eigenvalue weighted by atomic mass is 9.98. The molecule has 0 aliphatic heterocycles. The Morgan fingerprint density at radius 1 is 1.42 bits per heavy atom. The highest BCUT2D eigenvalue weighted by atomic mass is 35.5. The molecule has 104 valence electrons. The molecule has 1 unspecified atom stereocenters. The third-order valence-corrected chi connectivity index (χ3v) is 4.08. The molecule has 1 aromatic carbocycles. The van der Waals surface area contributed by atoms with Crippen LogP contribution in [0.2, 0.25) is 5.02 Å². The van der Waals surface area contributed by atoms with Crippen LogP contribution in [0.4, 0.5) is 0 Å². The molecule has 2 rings (SSSR count). The number of carbonyl (C=O) groups excluding carboxylic acids is 1. The number of nitrogens with one attached hydrogen (secondary N) is 1. The van der Waals surface area contributed by atoms with Gasteiger partial charge in [0.25, 0.3) is 0 Å². The van der Waals surface area contributed by atoms with E-state index >= 15 is 0 Å². The molecule has 1 aliphatic carbocycles. The first-order valence-corrected chi connectivity index (χ1v) is 7.16. The summed E-state index contributed by atoms with van der Waals surface area (Å²) >= 11 is 6.18. The van der Waals surface area contributed by atoms with E-state index in [1.807, 2.05) is 24.3 Å². The maximum Gasteiger partial charge on any atom is 0.314 e. The van der Waals surface area contributed by atoms with E-state index in [2.05, 4.69) is 5.32 Å². The molecule has 0 aromatic heterocycles. The van der Waals surface area contributed by atoms with Crippen LogP contribution in [0, 0.1) is 0 Å². The number of carbonyl (C=O) groups is 1. The van der Waals surface area contributed by atoms with Gasteiger partial charge in [-0.25, -0.2) is 0 Å². The normalized spacial score (nSPS) is 17.4. The minimum absolute atomic E-state index is 0.237. The standard InChI is InChI=1S/C15H20ClNO2/c1-19-15(18)13(10-17-11-6-2-3-7-11)12-8-4-5-9-14(12)16/h4-5,8-9,11,13,17H,2-3,6-7,10H2,1H3. The molecule has 4 heteroatoms. The Labute approximate surface area is 119 Å². The number of ether oxygens (including phenoxy) is 1. The van der Waals surface area contributed by atoms with Gasteiger partial charge >= 0.3 is 5.97 Å². The van der Waals surface area contributed by atoms with Crippen LogP contribution in [0.3, 0.4) is 0 Å². The van der Waals surface area contributed by atoms with Crippen molar-refractivity contribution in [3.05, 3.63) is 34.9 Å². The lowest BCUT2D eigenvalue weighted by Gasteiger charge is -2.19. The monoisotopic (exact) mass is 281 g/mol. The van der Waals surface area contributed by atoms with Gasteiger partial charge < -0.3 is 10.1 Å². The molecule has 3 nitrogen and oxygen atoms in total. The molecule has 0 amide bonds. The van der Waals surface area contributed by atoms with Crippen molar-refractivity contribution >= 4 is 17.6 Å². The van der Waals surface area contributed by atoms with E-state index in [0.717, 1.165) is 5.56 Å². The molecule has 1 N–H and O–H groups in total. The van der Waals surface area contributed by atoms with E-state index < -0.39 is 0 Å². The van der Waals surface area contributed by atoms with Crippen molar-refractivity contribution in [1.29, 1.82) is 0 Å². The van der Waals surface area contributed by atoms with Gasteiger partial charge in [-0.2, -0.15) is 0 Å². The van der Waals surface area contributed by atoms with E-state index in [4.69, 9.17) is 16.3 Å². The molecule has 0 spiro atoms. The second-order valence-corrected chi connectivity index (χ2v) is 5.39. The number of halogens is 1. The lowest BCUT2D eigenvalue weighted by molar-refractivity contribution is -0.142. The first kappa shape index (κ1) is 14.4. The topological polar surface area (TPSA) is 38.3 Å². The van der Waals surface area contributed by atoms with Crippen molar-refractivity contribution in [2.75, 3.05) is 13.7 Å². The number of methoxy groups -OCH3 is 1. The zero-order valence-electron chi connectivity index (χ0n) is 11.2. The summed E-state index contributed by atoms with van der Waals surface area (Å²) in [6, 6.07) is 7.98. The van der Waals surface area contributed by atoms with Crippen molar-refractivity contribution < 1.29 is 9.53 Å². The summed E-state index contributed by atoms with van der Waals surface area (Å²) in [4.78, 5) is 11.9. The predicted molar refractivity (Wildman–Crippen MR) is 76.5 cm³/mol. The van der Waals surface area contributed by atoms with Crippen molar-refractivity contribution in [1.82, 2.24) is 5.32 Å². The average Bonchev–Trinajstić information content (AvgIpc) is 2.93. The third-order valence-electron chi connectivity index (χ3n) is 3.73. The lowest BCUT2D eigenvalue weighted by Crippen LogP contribution is -2.34. The summed E-state index contributed by atoms with van der Waals surface area (Å²) in [5.74, 6) is -0.571. The maximum absolute atomic E-state index is 11.9. The fourth-order valence-corrected chi connectivity index (χ4v) is 2.90. The van der Waals surface area contributed by atoms with Crippen LogP contribution in [-0.2, 0) is 9.53 Å². The molecule has 1 atom stereocenters. The Morgan fingerprint density at radius 2 is 2.11 bits per heavy atom. The molecule has 1 saturated carbocycles. The SMILES string of the molecule is COC(=O)C(CNC1CCCC1)c1ccccc1Cl. The Kier molecular flexibility index (Phi) is 5.23. The smallest absolute Gasteiger partial charge is 0.314 e. The van der Waals surface area contributed by atoms with Crippen molar-refractivity contribution in [2.24, 2.45) is 0 Å². The van der Waals surface area contributed by atoms with Gasteiger partial charge in [-0.05, 0) is 24.5 Å². The molecule has 1 aliphatic rings. The number of hydrogen-bond acceptors (Lipinski definition) is 3. The van der Waals surface area contributed by atoms with Gasteiger partial charge in [0, 0.05) is 17.6 Å². The van der Waals surface area contributed by atoms with Gasteiger partial charge in [0.1, 0.15) is 0 Å². The minimum Gasteiger partial charge on any atom is -0.469 e. The van der Waals surface area contributed by atoms with E-state index in [1.165, 1.54) is 32.8 Å². The molecule has 1 aromatic rings. The fraction of sp³-hybridized carbons (Fsp3) is 0.533. The molecule has 0 bridgehead atoms. The highest BCUT2D eigenvalue weighted by Crippen LogP contribution is 2.26. The van der Waals surface area contributed by atoms with Crippen LogP contribution in [0.1, 0.15) is 37.2 Å². The van der Waals surface area contributed by atoms with Crippen LogP contribution in [0.15, 0.2) is 24.3 Å². The van der Waals surface area contributed by atoms with Gasteiger partial charge in [0.2, 0.25) is 0 Å². The first-order chi connectivity index (χ1) is 9.22. The number of rotatable bonds is 5. The van der Waals surface area contributed by atoms with Crippen LogP contribution in [-0.4, -0.2) is 25.7 Å². The molecular formula is C15H20ClNO2. The molecular weight excluding hydrogens is 262 g/mol. The summed E-state index contributed by atoms with van der Waals surface area (Å²) in [6.07, 6.45) is 4.92. The Hall–Kier alpha value is -1.06. The van der Waals surface area contributed by atoms with Crippen LogP contribution in [0.5, 0.6) is 0 Å². The highest BCUT2D eigenvalue weighted by molar-refractivity contribution is 6.31. The molecule has 1 fully saturated rings. The quantitative estimate of drug-likeness (QED) is 0.843. The summed E-state index contributed by atoms with van der Waals surface area (Å²) in [7, 11) is 1.42. The van der Waals surface area contributed by atoms with Gasteiger partial charge in [-0.1, -0.05) is 42.6 Å². The molecule has 0 radical (unpaired) electrons. The van der Waals surface area contributed by atoms with E-state index in [9.17, 15) is 4.79 Å². The van der Waals surface area contributed by atoms with Crippen LogP contribution < -0.4 is 5.32 Å². The summed E-state index contributed by atoms with van der Waals surface area (Å²) in [6.45, 7) is 0.584. The molecule has 0 heterocycles. The van der Waals surface area contributed by atoms with Crippen LogP contribution in [0.25, 0.3) is 0 Å². The van der Waals surface area contributed by atoms with Gasteiger partial charge in [-0.3, -0.25) is 4.79 Å². The van der Waals surface area contributed by atoms with Gasteiger partial charge in [0.15, 0.2) is 0 Å². The predicted octanol–water partition coefficient (Wildman–Crippen LogP) is 3.13. The molecule has 19 heavy (non-hydrogen) atoms. The summed E-state index contributed by atoms with van der Waals surface area (Å²) < 4.78 is 4.90. The zero-order chi connectivity index (χ0) is 13.7. The number of hydrogen-bond donors (Lipinski definition) is 1. The van der Waals surface area contributed by atoms with Gasteiger partial charge in [-0.15, -0.1) is 0 Å². The maximum atomic E-state index is 11.9. The zero-order valence-corrected chi connectivity index (χ0v) is 12.0. The number of benzene rings is 1. The Bertz CT molecular complexity index is 430. The van der Waals surface area contributed by atoms with Crippen LogP contribution >= 0.6 is 11.6 Å². The molecule has 0 saturated heterocycles. The third kappa shape index (κ3) is 3.71. The fourth-order valence-electron chi connectivity index (χ4n) is 2.63. The second-order valence-electron chi connectivity index (χ2n) is 4.99. The van der Waals surface area contributed by atoms with Crippen molar-refractivity contribution in [2.45, 2.75) is 37.6 Å². The first-order valence-electron chi connectivity index (χ1n) is 6.78. The largest absolute Gasteiger partial charge is 0.469 e. The summed E-state index contributed by atoms with van der Waals surface area (Å²) in [5, 5.41) is 4.08. The van der Waals surface area contributed by atoms with E-state index in [-0.39, 0.29) is 11.9 Å². The van der Waals surface area contributed by atoms with Crippen molar-refractivity contribution in [3.8, 4) is 0 Å². The Balaban J connectivity index is 2.07. The highest BCUT2D eigenvalue weighted by Gasteiger charge is 2.25. The second kappa shape index (κ2) is 6.92. The van der Waals surface area contributed by atoms with Gasteiger partial charge in [0.05, 0.1) is 13.0 Å². The average molecular weight is 282 g/mol. The number of esters is 1. The minimum atomic E-state index is -0.334.